The summed E-state index contributed by atoms with van der Waals surface area (Å²) in [6, 6.07) is 13.5. The lowest BCUT2D eigenvalue weighted by molar-refractivity contribution is 0.0335. The molecular weight excluding hydrogens is 447 g/mol. The summed E-state index contributed by atoms with van der Waals surface area (Å²) in [5.74, 6) is 2.04. The van der Waals surface area contributed by atoms with Crippen molar-refractivity contribution < 1.29 is 18.4 Å². The smallest absolute Gasteiger partial charge is 0.180 e. The quantitative estimate of drug-likeness (QED) is 0.532. The van der Waals surface area contributed by atoms with Crippen molar-refractivity contribution in [3.63, 3.8) is 0 Å². The van der Waals surface area contributed by atoms with Crippen molar-refractivity contribution in [2.45, 2.75) is 25.4 Å². The van der Waals surface area contributed by atoms with Gasteiger partial charge in [-0.2, -0.15) is 0 Å². The van der Waals surface area contributed by atoms with Gasteiger partial charge in [0.05, 0.1) is 25.2 Å². The molecule has 6 rings (SSSR count). The van der Waals surface area contributed by atoms with E-state index in [-0.39, 0.29) is 5.82 Å². The van der Waals surface area contributed by atoms with Crippen LogP contribution in [0.2, 0.25) is 0 Å². The van der Waals surface area contributed by atoms with E-state index in [0.717, 1.165) is 95.4 Å². The summed E-state index contributed by atoms with van der Waals surface area (Å²) < 4.78 is 31.1. The second kappa shape index (κ2) is 10.1. The first-order chi connectivity index (χ1) is 17.2. The van der Waals surface area contributed by atoms with Crippen LogP contribution < -0.4 is 9.64 Å². The molecule has 7 nitrogen and oxygen atoms in total. The first-order valence-electron chi connectivity index (χ1n) is 12.8. The van der Waals surface area contributed by atoms with Gasteiger partial charge < -0.3 is 18.9 Å². The highest BCUT2D eigenvalue weighted by Gasteiger charge is 2.34. The van der Waals surface area contributed by atoms with E-state index in [1.807, 2.05) is 0 Å². The Kier molecular flexibility index (Phi) is 6.59. The molecule has 8 heteroatoms. The van der Waals surface area contributed by atoms with Gasteiger partial charge in [0, 0.05) is 63.3 Å². The molecule has 0 aliphatic carbocycles. The van der Waals surface area contributed by atoms with E-state index in [0.29, 0.717) is 17.5 Å². The van der Waals surface area contributed by atoms with Crippen LogP contribution in [-0.4, -0.2) is 80.1 Å². The van der Waals surface area contributed by atoms with Crippen LogP contribution in [0.15, 0.2) is 47.0 Å². The minimum atomic E-state index is -0.257. The lowest BCUT2D eigenvalue weighted by atomic mass is 9.91. The minimum Gasteiger partial charge on any atom is -0.493 e. The molecule has 35 heavy (non-hydrogen) atoms. The number of nitrogens with zero attached hydrogens (tertiary/aromatic N) is 4. The summed E-state index contributed by atoms with van der Waals surface area (Å²) in [7, 11) is 0. The molecule has 0 amide bonds. The number of benzene rings is 2. The van der Waals surface area contributed by atoms with Crippen LogP contribution in [-0.2, 0) is 11.3 Å². The highest BCUT2D eigenvalue weighted by Crippen LogP contribution is 2.32. The van der Waals surface area contributed by atoms with Crippen molar-refractivity contribution in [3.05, 3.63) is 53.8 Å². The molecule has 3 saturated heterocycles. The van der Waals surface area contributed by atoms with Crippen LogP contribution in [0, 0.1) is 11.7 Å². The van der Waals surface area contributed by atoms with Crippen LogP contribution in [0.3, 0.4) is 0 Å². The molecule has 4 heterocycles. The van der Waals surface area contributed by atoms with Gasteiger partial charge in [-0.3, -0.25) is 9.80 Å². The van der Waals surface area contributed by atoms with Gasteiger partial charge in [-0.05, 0) is 37.1 Å². The number of piperidine rings is 1. The molecule has 0 bridgehead atoms. The van der Waals surface area contributed by atoms with Crippen LogP contribution >= 0.6 is 0 Å². The number of fused-ring (bicyclic) bond motifs is 2. The maximum atomic E-state index is 13.8. The maximum Gasteiger partial charge on any atom is 0.180 e. The molecule has 0 radical (unpaired) electrons. The Balaban J connectivity index is 1.04. The molecule has 3 fully saturated rings. The fourth-order valence-electron chi connectivity index (χ4n) is 5.70. The van der Waals surface area contributed by atoms with E-state index >= 15 is 0 Å². The van der Waals surface area contributed by atoms with Gasteiger partial charge in [0.15, 0.2) is 11.4 Å². The highest BCUT2D eigenvalue weighted by atomic mass is 19.1. The van der Waals surface area contributed by atoms with Crippen molar-refractivity contribution in [1.29, 1.82) is 0 Å². The molecule has 0 unspecified atom stereocenters. The number of hydrogen-bond donors (Lipinski definition) is 0. The molecule has 0 spiro atoms. The molecule has 3 aromatic rings. The molecular formula is C27H33FN4O3. The number of hydrogen-bond acceptors (Lipinski definition) is 7. The van der Waals surface area contributed by atoms with Gasteiger partial charge in [0.2, 0.25) is 0 Å². The van der Waals surface area contributed by atoms with Gasteiger partial charge in [0.25, 0.3) is 0 Å². The van der Waals surface area contributed by atoms with Gasteiger partial charge in [0.1, 0.15) is 11.6 Å². The predicted octanol–water partition coefficient (Wildman–Crippen LogP) is 3.78. The number of rotatable bonds is 6. The fraction of sp³-hybridized carbons (Fsp3) is 0.519. The topological polar surface area (TPSA) is 54.2 Å². The van der Waals surface area contributed by atoms with Gasteiger partial charge in [-0.25, -0.2) is 4.39 Å². The zero-order chi connectivity index (χ0) is 23.6. The Morgan fingerprint density at radius 3 is 2.80 bits per heavy atom. The zero-order valence-corrected chi connectivity index (χ0v) is 20.1. The zero-order valence-electron chi connectivity index (χ0n) is 20.1. The van der Waals surface area contributed by atoms with E-state index in [1.165, 1.54) is 17.7 Å². The first-order valence-corrected chi connectivity index (χ1v) is 12.8. The van der Waals surface area contributed by atoms with Gasteiger partial charge >= 0.3 is 0 Å². The Morgan fingerprint density at radius 1 is 1.00 bits per heavy atom. The molecule has 2 atom stereocenters. The van der Waals surface area contributed by atoms with Crippen molar-refractivity contribution >= 4 is 16.8 Å². The van der Waals surface area contributed by atoms with Crippen LogP contribution in [0.25, 0.3) is 11.0 Å². The minimum absolute atomic E-state index is 0.257. The standard InChI is InChI=1S/C27H33FN4O3/c28-22-6-8-26-24(15-22)27(29-35-26)32-10-9-31-16-20(5-7-23(31)18-32)19-34-25-4-2-1-3-21(25)17-30-11-13-33-14-12-30/h1-4,6,8,15,20,23H,5,7,9-14,16-19H2/t20-,23-/m1/s1. The average molecular weight is 481 g/mol. The van der Waals surface area contributed by atoms with E-state index in [2.05, 4.69) is 44.1 Å². The van der Waals surface area contributed by atoms with E-state index in [4.69, 9.17) is 14.0 Å². The number of para-hydroxylation sites is 1. The number of piperazine rings is 1. The third kappa shape index (κ3) is 5.01. The van der Waals surface area contributed by atoms with E-state index < -0.39 is 0 Å². The highest BCUT2D eigenvalue weighted by molar-refractivity contribution is 5.88. The predicted molar refractivity (Wildman–Crippen MR) is 132 cm³/mol. The van der Waals surface area contributed by atoms with Crippen molar-refractivity contribution in [3.8, 4) is 5.75 Å². The molecule has 1 aromatic heterocycles. The second-order valence-corrected chi connectivity index (χ2v) is 9.99. The number of halogens is 1. The summed E-state index contributed by atoms with van der Waals surface area (Å²) in [4.78, 5) is 7.28. The first kappa shape index (κ1) is 22.8. The fourth-order valence-corrected chi connectivity index (χ4v) is 5.70. The molecule has 3 aliphatic heterocycles. The molecule has 2 aromatic carbocycles. The van der Waals surface area contributed by atoms with Crippen LogP contribution in [0.5, 0.6) is 5.75 Å². The number of anilines is 1. The third-order valence-electron chi connectivity index (χ3n) is 7.66. The van der Waals surface area contributed by atoms with Crippen LogP contribution in [0.4, 0.5) is 10.2 Å². The molecule has 0 saturated carbocycles. The van der Waals surface area contributed by atoms with Crippen molar-refractivity contribution in [1.82, 2.24) is 15.0 Å². The summed E-state index contributed by atoms with van der Waals surface area (Å²) in [6.45, 7) is 9.02. The number of ether oxygens (including phenoxy) is 2. The average Bonchev–Trinajstić information content (AvgIpc) is 3.31. The molecule has 0 N–H and O–H groups in total. The number of morpholine rings is 1. The third-order valence-corrected chi connectivity index (χ3v) is 7.66. The van der Waals surface area contributed by atoms with Crippen molar-refractivity contribution in [2.24, 2.45) is 5.92 Å². The molecule has 3 aliphatic rings. The Morgan fingerprint density at radius 2 is 1.89 bits per heavy atom. The van der Waals surface area contributed by atoms with Crippen LogP contribution in [0.1, 0.15) is 18.4 Å². The molecule has 186 valence electrons. The second-order valence-electron chi connectivity index (χ2n) is 9.99. The Hall–Kier alpha value is -2.68. The maximum absolute atomic E-state index is 13.8. The van der Waals surface area contributed by atoms with Gasteiger partial charge in [-0.1, -0.05) is 23.4 Å². The van der Waals surface area contributed by atoms with Gasteiger partial charge in [-0.15, -0.1) is 0 Å². The van der Waals surface area contributed by atoms with Crippen molar-refractivity contribution in [2.75, 3.05) is 64.0 Å². The lowest BCUT2D eigenvalue weighted by Crippen LogP contribution is -2.57. The number of aromatic nitrogens is 1. The summed E-state index contributed by atoms with van der Waals surface area (Å²) in [5.41, 5.74) is 1.89. The summed E-state index contributed by atoms with van der Waals surface area (Å²) in [6.07, 6.45) is 2.28. The van der Waals surface area contributed by atoms with E-state index in [9.17, 15) is 4.39 Å². The SMILES string of the molecule is Fc1ccc2onc(N3CCN4C[C@H](COc5ccccc5CN5CCOCC5)CC[C@@H]4C3)c2c1. The lowest BCUT2D eigenvalue weighted by Gasteiger charge is -2.46. The summed E-state index contributed by atoms with van der Waals surface area (Å²) >= 11 is 0. The summed E-state index contributed by atoms with van der Waals surface area (Å²) in [5, 5.41) is 5.02. The van der Waals surface area contributed by atoms with E-state index in [1.54, 1.807) is 6.07 Å². The monoisotopic (exact) mass is 480 g/mol. The Labute approximate surface area is 205 Å². The normalized spacial score (nSPS) is 24.0. The Bertz CT molecular complexity index is 1150. The largest absolute Gasteiger partial charge is 0.493 e.